The minimum absolute atomic E-state index is 0. The molecule has 0 aliphatic carbocycles. The fourth-order valence-corrected chi connectivity index (χ4v) is 2.42. The van der Waals surface area contributed by atoms with Gasteiger partial charge < -0.3 is 10.6 Å². The number of carbonyl (C=O) groups excluding carboxylic acids is 1. The molecule has 0 bridgehead atoms. The Hall–Kier alpha value is -1.17. The van der Waals surface area contributed by atoms with Gasteiger partial charge in [-0.05, 0) is 26.0 Å². The van der Waals surface area contributed by atoms with Crippen molar-refractivity contribution in [3.63, 3.8) is 0 Å². The number of anilines is 1. The van der Waals surface area contributed by atoms with Gasteiger partial charge in [-0.15, -0.1) is 12.4 Å². The number of carbonyl (C=O) groups is 1. The molecule has 0 saturated carbocycles. The third-order valence-electron chi connectivity index (χ3n) is 3.81. The standard InChI is InChI=1S/C15H22FN3O.ClH/c1-11-10-17-7-9-19(11)8-6-15(20)18-14-5-3-4-13(16)12(14)2;/h3-5,11,17H,6-10H2,1-2H3,(H,18,20);1H/t11-;/m0./s1. The van der Waals surface area contributed by atoms with Crippen molar-refractivity contribution in [2.75, 3.05) is 31.5 Å². The number of halogens is 2. The highest BCUT2D eigenvalue weighted by molar-refractivity contribution is 5.91. The fourth-order valence-electron chi connectivity index (χ4n) is 2.42. The Bertz CT molecular complexity index is 484. The summed E-state index contributed by atoms with van der Waals surface area (Å²) >= 11 is 0. The van der Waals surface area contributed by atoms with Crippen LogP contribution in [0.1, 0.15) is 18.9 Å². The average Bonchev–Trinajstić information content (AvgIpc) is 2.43. The van der Waals surface area contributed by atoms with E-state index in [1.807, 2.05) is 0 Å². The number of benzene rings is 1. The first-order valence-corrected chi connectivity index (χ1v) is 7.07. The Morgan fingerprint density at radius 1 is 1.52 bits per heavy atom. The van der Waals surface area contributed by atoms with E-state index in [0.29, 0.717) is 23.7 Å². The van der Waals surface area contributed by atoms with E-state index in [-0.39, 0.29) is 24.1 Å². The van der Waals surface area contributed by atoms with E-state index in [9.17, 15) is 9.18 Å². The Morgan fingerprint density at radius 2 is 2.29 bits per heavy atom. The van der Waals surface area contributed by atoms with Crippen molar-refractivity contribution in [3.05, 3.63) is 29.6 Å². The second-order valence-electron chi connectivity index (χ2n) is 5.30. The number of rotatable bonds is 4. The lowest BCUT2D eigenvalue weighted by molar-refractivity contribution is -0.116. The van der Waals surface area contributed by atoms with Crippen molar-refractivity contribution in [2.24, 2.45) is 0 Å². The zero-order valence-corrected chi connectivity index (χ0v) is 13.3. The number of nitrogens with zero attached hydrogens (tertiary/aromatic N) is 1. The van der Waals surface area contributed by atoms with Crippen molar-refractivity contribution in [1.29, 1.82) is 0 Å². The molecule has 0 spiro atoms. The van der Waals surface area contributed by atoms with Crippen molar-refractivity contribution >= 4 is 24.0 Å². The highest BCUT2D eigenvalue weighted by Crippen LogP contribution is 2.17. The van der Waals surface area contributed by atoms with Gasteiger partial charge in [0.25, 0.3) is 0 Å². The third kappa shape index (κ3) is 4.95. The summed E-state index contributed by atoms with van der Waals surface area (Å²) in [7, 11) is 0. The van der Waals surface area contributed by atoms with Crippen LogP contribution in [0.3, 0.4) is 0 Å². The summed E-state index contributed by atoms with van der Waals surface area (Å²) in [6, 6.07) is 5.18. The fraction of sp³-hybridized carbons (Fsp3) is 0.533. The predicted molar refractivity (Wildman–Crippen MR) is 85.5 cm³/mol. The van der Waals surface area contributed by atoms with Gasteiger partial charge in [-0.3, -0.25) is 9.69 Å². The summed E-state index contributed by atoms with van der Waals surface area (Å²) < 4.78 is 13.4. The normalized spacial score (nSPS) is 18.9. The molecule has 2 N–H and O–H groups in total. The maximum atomic E-state index is 13.4. The van der Waals surface area contributed by atoms with E-state index in [2.05, 4.69) is 22.5 Å². The van der Waals surface area contributed by atoms with E-state index in [4.69, 9.17) is 0 Å². The summed E-state index contributed by atoms with van der Waals surface area (Å²) in [5.74, 6) is -0.358. The van der Waals surface area contributed by atoms with Gasteiger partial charge in [-0.1, -0.05) is 6.07 Å². The van der Waals surface area contributed by atoms with Crippen LogP contribution >= 0.6 is 12.4 Å². The molecule has 4 nitrogen and oxygen atoms in total. The zero-order valence-electron chi connectivity index (χ0n) is 12.5. The molecular weight excluding hydrogens is 293 g/mol. The Labute approximate surface area is 131 Å². The molecule has 2 rings (SSSR count). The lowest BCUT2D eigenvalue weighted by Crippen LogP contribution is -2.50. The van der Waals surface area contributed by atoms with E-state index < -0.39 is 0 Å². The second-order valence-corrected chi connectivity index (χ2v) is 5.30. The molecule has 0 unspecified atom stereocenters. The minimum atomic E-state index is -0.293. The molecule has 1 aromatic rings. The Balaban J connectivity index is 0.00000220. The molecule has 0 aromatic heterocycles. The predicted octanol–water partition coefficient (Wildman–Crippen LogP) is 2.18. The molecular formula is C15H23ClFN3O. The number of hydrogen-bond donors (Lipinski definition) is 2. The first-order valence-electron chi connectivity index (χ1n) is 7.07. The van der Waals surface area contributed by atoms with Crippen LogP contribution in [0.2, 0.25) is 0 Å². The minimum Gasteiger partial charge on any atom is -0.326 e. The van der Waals surface area contributed by atoms with Crippen LogP contribution in [0, 0.1) is 12.7 Å². The largest absolute Gasteiger partial charge is 0.326 e. The number of nitrogens with one attached hydrogen (secondary N) is 2. The van der Waals surface area contributed by atoms with Crippen LogP contribution in [0.15, 0.2) is 18.2 Å². The third-order valence-corrected chi connectivity index (χ3v) is 3.81. The monoisotopic (exact) mass is 315 g/mol. The lowest BCUT2D eigenvalue weighted by Gasteiger charge is -2.33. The number of amides is 1. The molecule has 0 radical (unpaired) electrons. The van der Waals surface area contributed by atoms with E-state index in [0.717, 1.165) is 26.2 Å². The van der Waals surface area contributed by atoms with Gasteiger partial charge >= 0.3 is 0 Å². The summed E-state index contributed by atoms with van der Waals surface area (Å²) in [6.45, 7) is 7.46. The van der Waals surface area contributed by atoms with E-state index in [1.165, 1.54) is 6.07 Å². The molecule has 1 aromatic carbocycles. The summed E-state index contributed by atoms with van der Waals surface area (Å²) in [4.78, 5) is 14.2. The second kappa shape index (κ2) is 8.32. The zero-order chi connectivity index (χ0) is 14.5. The molecule has 1 fully saturated rings. The topological polar surface area (TPSA) is 44.4 Å². The van der Waals surface area contributed by atoms with Gasteiger partial charge in [-0.2, -0.15) is 0 Å². The van der Waals surface area contributed by atoms with Crippen LogP contribution in [-0.4, -0.2) is 43.0 Å². The highest BCUT2D eigenvalue weighted by Gasteiger charge is 2.18. The van der Waals surface area contributed by atoms with Crippen LogP contribution in [0.4, 0.5) is 10.1 Å². The number of hydrogen-bond acceptors (Lipinski definition) is 3. The molecule has 1 heterocycles. The molecule has 21 heavy (non-hydrogen) atoms. The Kier molecular flexibility index (Phi) is 7.08. The maximum Gasteiger partial charge on any atom is 0.225 e. The molecule has 1 aliphatic heterocycles. The van der Waals surface area contributed by atoms with E-state index in [1.54, 1.807) is 19.1 Å². The smallest absolute Gasteiger partial charge is 0.225 e. The van der Waals surface area contributed by atoms with Gasteiger partial charge in [0.15, 0.2) is 0 Å². The SMILES string of the molecule is Cc1c(F)cccc1NC(=O)CCN1CCNC[C@@H]1C.Cl. The number of piperazine rings is 1. The molecule has 1 atom stereocenters. The first kappa shape index (κ1) is 17.9. The molecule has 1 aliphatic rings. The lowest BCUT2D eigenvalue weighted by atomic mass is 10.1. The Morgan fingerprint density at radius 3 is 3.00 bits per heavy atom. The van der Waals surface area contributed by atoms with Crippen molar-refractivity contribution in [2.45, 2.75) is 26.3 Å². The van der Waals surface area contributed by atoms with Crippen LogP contribution < -0.4 is 10.6 Å². The highest BCUT2D eigenvalue weighted by atomic mass is 35.5. The molecule has 1 amide bonds. The van der Waals surface area contributed by atoms with Gasteiger partial charge in [0.1, 0.15) is 5.82 Å². The van der Waals surface area contributed by atoms with Crippen molar-refractivity contribution in [3.8, 4) is 0 Å². The summed E-state index contributed by atoms with van der Waals surface area (Å²) in [6.07, 6.45) is 0.431. The van der Waals surface area contributed by atoms with Gasteiger partial charge in [-0.25, -0.2) is 4.39 Å². The molecule has 6 heteroatoms. The maximum absolute atomic E-state index is 13.4. The first-order chi connectivity index (χ1) is 9.58. The van der Waals surface area contributed by atoms with Crippen LogP contribution in [0.5, 0.6) is 0 Å². The van der Waals surface area contributed by atoms with Gasteiger partial charge in [0, 0.05) is 49.9 Å². The van der Waals surface area contributed by atoms with Crippen LogP contribution in [-0.2, 0) is 4.79 Å². The summed E-state index contributed by atoms with van der Waals surface area (Å²) in [5, 5.41) is 6.11. The van der Waals surface area contributed by atoms with Crippen molar-refractivity contribution in [1.82, 2.24) is 10.2 Å². The van der Waals surface area contributed by atoms with E-state index >= 15 is 0 Å². The quantitative estimate of drug-likeness (QED) is 0.895. The van der Waals surface area contributed by atoms with Gasteiger partial charge in [0.05, 0.1) is 0 Å². The molecule has 1 saturated heterocycles. The van der Waals surface area contributed by atoms with Gasteiger partial charge in [0.2, 0.25) is 5.91 Å². The van der Waals surface area contributed by atoms with Crippen molar-refractivity contribution < 1.29 is 9.18 Å². The summed E-state index contributed by atoms with van der Waals surface area (Å²) in [5.41, 5.74) is 1.04. The van der Waals surface area contributed by atoms with Crippen LogP contribution in [0.25, 0.3) is 0 Å². The molecule has 118 valence electrons. The average molecular weight is 316 g/mol.